The van der Waals surface area contributed by atoms with E-state index in [-0.39, 0.29) is 11.1 Å². The van der Waals surface area contributed by atoms with Crippen LogP contribution in [0.25, 0.3) is 22.3 Å². The summed E-state index contributed by atoms with van der Waals surface area (Å²) in [6.45, 7) is 3.49. The van der Waals surface area contributed by atoms with Crippen LogP contribution in [0.4, 0.5) is 8.78 Å². The molecule has 0 N–H and O–H groups in total. The summed E-state index contributed by atoms with van der Waals surface area (Å²) in [6, 6.07) is 8.70. The SMILES string of the molecule is Cc1ccc2nc(-c3ccc(C)c(F)c3F)cnc2c1. The van der Waals surface area contributed by atoms with E-state index in [1.165, 1.54) is 25.3 Å². The van der Waals surface area contributed by atoms with E-state index in [1.54, 1.807) is 0 Å². The lowest BCUT2D eigenvalue weighted by Gasteiger charge is -2.06. The van der Waals surface area contributed by atoms with Gasteiger partial charge < -0.3 is 0 Å². The summed E-state index contributed by atoms with van der Waals surface area (Å²) in [5, 5.41) is 0. The van der Waals surface area contributed by atoms with Crippen LogP contribution in [0.2, 0.25) is 0 Å². The third-order valence-corrected chi connectivity index (χ3v) is 3.25. The van der Waals surface area contributed by atoms with Crippen molar-refractivity contribution in [2.75, 3.05) is 0 Å². The zero-order valence-electron chi connectivity index (χ0n) is 11.1. The molecular formula is C16H12F2N2. The Morgan fingerprint density at radius 1 is 0.900 bits per heavy atom. The fourth-order valence-corrected chi connectivity index (χ4v) is 2.09. The predicted molar refractivity (Wildman–Crippen MR) is 74.4 cm³/mol. The lowest BCUT2D eigenvalue weighted by atomic mass is 10.1. The Morgan fingerprint density at radius 2 is 1.70 bits per heavy atom. The Kier molecular flexibility index (Phi) is 2.93. The van der Waals surface area contributed by atoms with Gasteiger partial charge in [-0.15, -0.1) is 0 Å². The van der Waals surface area contributed by atoms with Crippen molar-refractivity contribution in [2.45, 2.75) is 13.8 Å². The van der Waals surface area contributed by atoms with Crippen molar-refractivity contribution in [2.24, 2.45) is 0 Å². The maximum absolute atomic E-state index is 14.0. The van der Waals surface area contributed by atoms with Crippen molar-refractivity contribution in [1.82, 2.24) is 9.97 Å². The fourth-order valence-electron chi connectivity index (χ4n) is 2.09. The van der Waals surface area contributed by atoms with Crippen molar-refractivity contribution >= 4 is 11.0 Å². The zero-order chi connectivity index (χ0) is 14.3. The van der Waals surface area contributed by atoms with Crippen LogP contribution in [0.1, 0.15) is 11.1 Å². The van der Waals surface area contributed by atoms with Gasteiger partial charge in [0.25, 0.3) is 0 Å². The van der Waals surface area contributed by atoms with Crippen molar-refractivity contribution in [3.63, 3.8) is 0 Å². The molecule has 0 atom stereocenters. The number of hydrogen-bond acceptors (Lipinski definition) is 2. The number of halogens is 2. The predicted octanol–water partition coefficient (Wildman–Crippen LogP) is 4.19. The number of benzene rings is 2. The van der Waals surface area contributed by atoms with Gasteiger partial charge in [-0.2, -0.15) is 0 Å². The Balaban J connectivity index is 2.20. The summed E-state index contributed by atoms with van der Waals surface area (Å²) >= 11 is 0. The summed E-state index contributed by atoms with van der Waals surface area (Å²) in [7, 11) is 0. The lowest BCUT2D eigenvalue weighted by molar-refractivity contribution is 0.505. The molecule has 4 heteroatoms. The number of aromatic nitrogens is 2. The molecule has 3 rings (SSSR count). The van der Waals surface area contributed by atoms with Gasteiger partial charge in [0.1, 0.15) is 0 Å². The maximum atomic E-state index is 14.0. The molecule has 0 radical (unpaired) electrons. The smallest absolute Gasteiger partial charge is 0.168 e. The van der Waals surface area contributed by atoms with Crippen LogP contribution in [-0.4, -0.2) is 9.97 Å². The van der Waals surface area contributed by atoms with E-state index in [0.717, 1.165) is 11.1 Å². The molecule has 3 aromatic rings. The molecule has 100 valence electrons. The molecular weight excluding hydrogens is 258 g/mol. The molecule has 0 saturated heterocycles. The van der Waals surface area contributed by atoms with Crippen molar-refractivity contribution in [1.29, 1.82) is 0 Å². The molecule has 0 unspecified atom stereocenters. The first-order chi connectivity index (χ1) is 9.56. The Labute approximate surface area is 115 Å². The van der Waals surface area contributed by atoms with Gasteiger partial charge in [-0.3, -0.25) is 4.98 Å². The Hall–Kier alpha value is -2.36. The minimum atomic E-state index is -0.884. The fraction of sp³-hybridized carbons (Fsp3) is 0.125. The number of fused-ring (bicyclic) bond motifs is 1. The Morgan fingerprint density at radius 3 is 2.50 bits per heavy atom. The second-order valence-electron chi connectivity index (χ2n) is 4.81. The van der Waals surface area contributed by atoms with Crippen LogP contribution in [0.5, 0.6) is 0 Å². The highest BCUT2D eigenvalue weighted by Gasteiger charge is 2.14. The first-order valence-corrected chi connectivity index (χ1v) is 6.24. The normalized spacial score (nSPS) is 11.0. The largest absolute Gasteiger partial charge is 0.252 e. The topological polar surface area (TPSA) is 25.8 Å². The van der Waals surface area contributed by atoms with Gasteiger partial charge in [-0.25, -0.2) is 13.8 Å². The van der Waals surface area contributed by atoms with E-state index in [9.17, 15) is 8.78 Å². The number of nitrogens with zero attached hydrogens (tertiary/aromatic N) is 2. The molecule has 0 saturated carbocycles. The highest BCUT2D eigenvalue weighted by atomic mass is 19.2. The minimum absolute atomic E-state index is 0.128. The summed E-state index contributed by atoms with van der Waals surface area (Å²) in [5.74, 6) is -1.72. The third kappa shape index (κ3) is 2.03. The van der Waals surface area contributed by atoms with Crippen molar-refractivity contribution < 1.29 is 8.78 Å². The van der Waals surface area contributed by atoms with E-state index in [0.29, 0.717) is 11.2 Å². The highest BCUT2D eigenvalue weighted by molar-refractivity contribution is 5.77. The molecule has 20 heavy (non-hydrogen) atoms. The van der Waals surface area contributed by atoms with Crippen LogP contribution in [0.3, 0.4) is 0 Å². The van der Waals surface area contributed by atoms with E-state index < -0.39 is 11.6 Å². The number of hydrogen-bond donors (Lipinski definition) is 0. The number of aryl methyl sites for hydroxylation is 2. The monoisotopic (exact) mass is 270 g/mol. The molecule has 2 nitrogen and oxygen atoms in total. The van der Waals surface area contributed by atoms with Gasteiger partial charge in [-0.05, 0) is 43.2 Å². The van der Waals surface area contributed by atoms with Gasteiger partial charge in [0.2, 0.25) is 0 Å². The molecule has 2 aromatic carbocycles. The van der Waals surface area contributed by atoms with Gasteiger partial charge in [-0.1, -0.05) is 12.1 Å². The van der Waals surface area contributed by atoms with Crippen LogP contribution in [-0.2, 0) is 0 Å². The van der Waals surface area contributed by atoms with Crippen molar-refractivity contribution in [3.05, 3.63) is 59.3 Å². The van der Waals surface area contributed by atoms with E-state index in [1.807, 2.05) is 25.1 Å². The Bertz CT molecular complexity index is 813. The average Bonchev–Trinajstić information content (AvgIpc) is 2.44. The van der Waals surface area contributed by atoms with E-state index in [2.05, 4.69) is 9.97 Å². The standard InChI is InChI=1S/C16H12F2N2/c1-9-3-6-12-13(7-9)19-8-14(20-12)11-5-4-10(2)15(17)16(11)18/h3-8H,1-2H3. The molecule has 0 aliphatic heterocycles. The van der Waals surface area contributed by atoms with Crippen LogP contribution < -0.4 is 0 Å². The van der Waals surface area contributed by atoms with Gasteiger partial charge in [0.05, 0.1) is 22.9 Å². The molecule has 0 fully saturated rings. The van der Waals surface area contributed by atoms with Crippen LogP contribution in [0, 0.1) is 25.5 Å². The first kappa shape index (κ1) is 12.7. The summed E-state index contributed by atoms with van der Waals surface area (Å²) in [6.07, 6.45) is 1.47. The van der Waals surface area contributed by atoms with Crippen LogP contribution >= 0.6 is 0 Å². The molecule has 0 amide bonds. The van der Waals surface area contributed by atoms with Gasteiger partial charge >= 0.3 is 0 Å². The van der Waals surface area contributed by atoms with E-state index in [4.69, 9.17) is 0 Å². The summed E-state index contributed by atoms with van der Waals surface area (Å²) < 4.78 is 27.6. The van der Waals surface area contributed by atoms with Crippen LogP contribution in [0.15, 0.2) is 36.5 Å². The van der Waals surface area contributed by atoms with E-state index >= 15 is 0 Å². The second kappa shape index (κ2) is 4.63. The molecule has 1 aromatic heterocycles. The van der Waals surface area contributed by atoms with Gasteiger partial charge in [0, 0.05) is 5.56 Å². The minimum Gasteiger partial charge on any atom is -0.252 e. The number of rotatable bonds is 1. The van der Waals surface area contributed by atoms with Gasteiger partial charge in [0.15, 0.2) is 11.6 Å². The molecule has 0 aliphatic rings. The molecule has 1 heterocycles. The quantitative estimate of drug-likeness (QED) is 0.662. The maximum Gasteiger partial charge on any atom is 0.168 e. The lowest BCUT2D eigenvalue weighted by Crippen LogP contribution is -1.96. The zero-order valence-corrected chi connectivity index (χ0v) is 11.1. The molecule has 0 bridgehead atoms. The summed E-state index contributed by atoms with van der Waals surface area (Å²) in [4.78, 5) is 8.61. The third-order valence-electron chi connectivity index (χ3n) is 3.25. The summed E-state index contributed by atoms with van der Waals surface area (Å²) in [5.41, 5.74) is 3.21. The van der Waals surface area contributed by atoms with Crippen molar-refractivity contribution in [3.8, 4) is 11.3 Å². The molecule has 0 spiro atoms. The highest BCUT2D eigenvalue weighted by Crippen LogP contribution is 2.25. The average molecular weight is 270 g/mol. The molecule has 0 aliphatic carbocycles. The first-order valence-electron chi connectivity index (χ1n) is 6.24. The second-order valence-corrected chi connectivity index (χ2v) is 4.81.